The molecule has 0 aliphatic rings. The van der Waals surface area contributed by atoms with Crippen LogP contribution in [0.2, 0.25) is 0 Å². The Morgan fingerprint density at radius 2 is 1.85 bits per heavy atom. The summed E-state index contributed by atoms with van der Waals surface area (Å²) in [5.41, 5.74) is 8.73. The van der Waals surface area contributed by atoms with Gasteiger partial charge in [-0.15, -0.1) is 0 Å². The molecule has 0 atom stereocenters. The molecule has 0 aliphatic heterocycles. The van der Waals surface area contributed by atoms with Gasteiger partial charge in [0.2, 0.25) is 10.9 Å². The zero-order valence-electron chi connectivity index (χ0n) is 13.7. The summed E-state index contributed by atoms with van der Waals surface area (Å²) < 4.78 is 38.3. The van der Waals surface area contributed by atoms with Crippen LogP contribution in [-0.2, 0) is 17.3 Å². The van der Waals surface area contributed by atoms with E-state index in [2.05, 4.69) is 14.7 Å². The van der Waals surface area contributed by atoms with Crippen molar-refractivity contribution in [2.75, 3.05) is 12.3 Å². The molecule has 3 rings (SSSR count). The summed E-state index contributed by atoms with van der Waals surface area (Å²) in [6.07, 6.45) is 3.31. The lowest BCUT2D eigenvalue weighted by Gasteiger charge is -2.11. The first-order valence-electron chi connectivity index (χ1n) is 7.88. The van der Waals surface area contributed by atoms with Crippen LogP contribution in [0.3, 0.4) is 0 Å². The van der Waals surface area contributed by atoms with Gasteiger partial charge in [-0.25, -0.2) is 22.5 Å². The van der Waals surface area contributed by atoms with E-state index >= 15 is 0 Å². The molecule has 1 heterocycles. The first-order valence-corrected chi connectivity index (χ1v) is 9.06. The van der Waals surface area contributed by atoms with E-state index < -0.39 is 16.7 Å². The summed E-state index contributed by atoms with van der Waals surface area (Å²) in [5.74, 6) is -0.148. The first kappa shape index (κ1) is 18.0. The van der Waals surface area contributed by atoms with Crippen molar-refractivity contribution in [3.63, 3.8) is 0 Å². The highest BCUT2D eigenvalue weighted by atomic mass is 32.2. The maximum absolute atomic E-state index is 14.6. The molecule has 0 aliphatic carbocycles. The van der Waals surface area contributed by atoms with Crippen molar-refractivity contribution in [3.8, 4) is 22.4 Å². The van der Waals surface area contributed by atoms with Gasteiger partial charge < -0.3 is 5.73 Å². The molecule has 0 saturated carbocycles. The van der Waals surface area contributed by atoms with Gasteiger partial charge >= 0.3 is 0 Å². The maximum Gasteiger partial charge on any atom is 0.201 e. The molecule has 0 bridgehead atoms. The summed E-state index contributed by atoms with van der Waals surface area (Å²) in [6.45, 7) is 0.289. The van der Waals surface area contributed by atoms with E-state index in [1.165, 1.54) is 18.5 Å². The highest BCUT2D eigenvalue weighted by Crippen LogP contribution is 2.29. The molecule has 2 aromatic carbocycles. The van der Waals surface area contributed by atoms with Crippen LogP contribution >= 0.6 is 0 Å². The Hall–Kier alpha value is -2.84. The van der Waals surface area contributed by atoms with E-state index in [9.17, 15) is 12.8 Å². The smallest absolute Gasteiger partial charge is 0.201 e. The minimum atomic E-state index is -2.63. The summed E-state index contributed by atoms with van der Waals surface area (Å²) >= 11 is 0. The molecule has 1 aromatic heterocycles. The molecule has 0 spiro atoms. The number of hydrogen-bond donors (Lipinski definition) is 3. The van der Waals surface area contributed by atoms with Crippen LogP contribution in [-0.4, -0.2) is 24.9 Å². The number of anilines is 1. The minimum absolute atomic E-state index is 0.271. The summed E-state index contributed by atoms with van der Waals surface area (Å²) in [4.78, 5) is 8.02. The summed E-state index contributed by atoms with van der Waals surface area (Å²) in [6, 6.07) is 12.4. The molecule has 0 fully saturated rings. The summed E-state index contributed by atoms with van der Waals surface area (Å²) in [7, 11) is -2.63. The molecular weight excluding hydrogens is 355 g/mol. The third-order valence-electron chi connectivity index (χ3n) is 3.88. The molecule has 0 radical (unpaired) electrons. The van der Waals surface area contributed by atoms with Crippen molar-refractivity contribution in [3.05, 3.63) is 66.2 Å². The molecule has 26 heavy (non-hydrogen) atoms. The average molecular weight is 372 g/mol. The Labute approximate surface area is 152 Å². The fraction of sp³-hybridized carbons (Fsp3) is 0.111. The van der Waals surface area contributed by atoms with Gasteiger partial charge in [-0.2, -0.15) is 0 Å². The second-order valence-corrected chi connectivity index (χ2v) is 6.42. The van der Waals surface area contributed by atoms with Crippen LogP contribution in [0.25, 0.3) is 22.4 Å². The molecule has 0 amide bonds. The number of halogens is 1. The van der Waals surface area contributed by atoms with Crippen molar-refractivity contribution in [2.24, 2.45) is 0 Å². The molecular formula is C18H17FN4O2S. The molecule has 134 valence electrons. The van der Waals surface area contributed by atoms with E-state index in [1.807, 2.05) is 24.3 Å². The van der Waals surface area contributed by atoms with Crippen LogP contribution in [0.15, 0.2) is 54.9 Å². The van der Waals surface area contributed by atoms with Crippen LogP contribution in [0.4, 0.5) is 10.2 Å². The van der Waals surface area contributed by atoms with Crippen LogP contribution < -0.4 is 10.5 Å². The monoisotopic (exact) mass is 372 g/mol. The molecule has 3 N–H and O–H groups in total. The largest absolute Gasteiger partial charge is 0.382 e. The predicted octanol–water partition coefficient (Wildman–Crippen LogP) is 2.19. The molecule has 6 nitrogen and oxygen atoms in total. The van der Waals surface area contributed by atoms with Gasteiger partial charge in [-0.3, -0.25) is 4.98 Å². The lowest BCUT2D eigenvalue weighted by Crippen LogP contribution is -2.15. The zero-order valence-corrected chi connectivity index (χ0v) is 14.6. The Kier molecular flexibility index (Phi) is 5.55. The Bertz CT molecular complexity index is 983. The standard InChI is InChI=1S/C18H17FN4O2S/c19-16-9-13(5-6-15(16)17-10-22-18(20)11-21-17)14-4-2-1-3-12(14)7-8-23-26(24)25/h1-6,9-11,26H,7-8H2,(H2,20,22)(H,23,24,25). The highest BCUT2D eigenvalue weighted by molar-refractivity contribution is 7.70. The number of benzene rings is 2. The van der Waals surface area contributed by atoms with Crippen LogP contribution in [0.1, 0.15) is 5.56 Å². The third-order valence-corrected chi connectivity index (χ3v) is 4.36. The van der Waals surface area contributed by atoms with Crippen LogP contribution in [0.5, 0.6) is 0 Å². The Balaban J connectivity index is 1.91. The lowest BCUT2D eigenvalue weighted by atomic mass is 9.96. The van der Waals surface area contributed by atoms with E-state index in [-0.39, 0.29) is 12.4 Å². The Morgan fingerprint density at radius 1 is 1.04 bits per heavy atom. The van der Waals surface area contributed by atoms with Gasteiger partial charge in [0.25, 0.3) is 0 Å². The topological polar surface area (TPSA) is 98.0 Å². The van der Waals surface area contributed by atoms with Gasteiger partial charge in [0.05, 0.1) is 18.1 Å². The number of thiol groups is 1. The Morgan fingerprint density at radius 3 is 2.54 bits per heavy atom. The second kappa shape index (κ2) is 8.03. The highest BCUT2D eigenvalue weighted by Gasteiger charge is 2.11. The average Bonchev–Trinajstić information content (AvgIpc) is 2.63. The van der Waals surface area contributed by atoms with Gasteiger partial charge in [0.1, 0.15) is 11.6 Å². The van der Waals surface area contributed by atoms with Gasteiger partial charge in [0.15, 0.2) is 0 Å². The number of rotatable bonds is 6. The van der Waals surface area contributed by atoms with E-state index in [4.69, 9.17) is 5.73 Å². The van der Waals surface area contributed by atoms with Gasteiger partial charge in [-0.1, -0.05) is 30.3 Å². The van der Waals surface area contributed by atoms with Crippen molar-refractivity contribution >= 4 is 16.7 Å². The molecule has 0 saturated heterocycles. The zero-order chi connectivity index (χ0) is 18.5. The number of aromatic nitrogens is 2. The normalized spacial score (nSPS) is 11.0. The van der Waals surface area contributed by atoms with E-state index in [0.717, 1.165) is 11.1 Å². The van der Waals surface area contributed by atoms with E-state index in [1.54, 1.807) is 12.1 Å². The van der Waals surface area contributed by atoms with Crippen molar-refractivity contribution in [1.29, 1.82) is 0 Å². The SMILES string of the molecule is Nc1cnc(-c2ccc(-c3ccccc3CCN[SH](=O)=O)cc2F)cn1. The van der Waals surface area contributed by atoms with Gasteiger partial charge in [-0.05, 0) is 35.2 Å². The predicted molar refractivity (Wildman–Crippen MR) is 99.3 cm³/mol. The second-order valence-electron chi connectivity index (χ2n) is 5.59. The maximum atomic E-state index is 14.6. The van der Waals surface area contributed by atoms with Crippen molar-refractivity contribution in [2.45, 2.75) is 6.42 Å². The quantitative estimate of drug-likeness (QED) is 0.576. The first-order chi connectivity index (χ1) is 12.5. The number of hydrogen-bond acceptors (Lipinski definition) is 5. The molecule has 8 heteroatoms. The lowest BCUT2D eigenvalue weighted by molar-refractivity contribution is 0.602. The number of nitrogens with zero attached hydrogens (tertiary/aromatic N) is 2. The van der Waals surface area contributed by atoms with Gasteiger partial charge in [0, 0.05) is 12.1 Å². The number of nitrogen functional groups attached to an aromatic ring is 1. The number of nitrogens with one attached hydrogen (secondary N) is 1. The fourth-order valence-electron chi connectivity index (χ4n) is 2.67. The number of nitrogens with two attached hydrogens (primary N) is 1. The summed E-state index contributed by atoms with van der Waals surface area (Å²) in [5, 5.41) is 0. The molecule has 3 aromatic rings. The van der Waals surface area contributed by atoms with Crippen molar-refractivity contribution < 1.29 is 12.8 Å². The van der Waals surface area contributed by atoms with E-state index in [0.29, 0.717) is 23.2 Å². The minimum Gasteiger partial charge on any atom is -0.382 e. The third kappa shape index (κ3) is 4.22. The fourth-order valence-corrected chi connectivity index (χ4v) is 2.96. The van der Waals surface area contributed by atoms with Crippen molar-refractivity contribution in [1.82, 2.24) is 14.7 Å². The molecule has 0 unspecified atom stereocenters. The van der Waals surface area contributed by atoms with Crippen LogP contribution in [0, 0.1) is 5.82 Å².